The van der Waals surface area contributed by atoms with Gasteiger partial charge in [-0.3, -0.25) is 9.78 Å². The highest BCUT2D eigenvalue weighted by Gasteiger charge is 2.24. The van der Waals surface area contributed by atoms with Gasteiger partial charge in [-0.05, 0) is 18.4 Å². The van der Waals surface area contributed by atoms with Crippen molar-refractivity contribution in [3.8, 4) is 5.69 Å². The number of thioether (sulfide) groups is 1. The maximum atomic E-state index is 12.7. The van der Waals surface area contributed by atoms with Crippen LogP contribution < -0.4 is 4.90 Å². The number of anilines is 1. The third kappa shape index (κ3) is 4.14. The molecule has 0 saturated heterocycles. The standard InChI is InChI=1S/C16H19ClN4OS/c1-4-8-20(16(22)12(2)11-23-3)14-10-21(19-15(14)17)13-6-5-7-18-9-13/h4-7,9-10,12H,1,8,11H2,2-3H3/t12-/m0/s1. The summed E-state index contributed by atoms with van der Waals surface area (Å²) in [5, 5.41) is 4.56. The summed E-state index contributed by atoms with van der Waals surface area (Å²) in [6.45, 7) is 6.02. The van der Waals surface area contributed by atoms with Crippen molar-refractivity contribution in [2.75, 3.05) is 23.5 Å². The number of carbonyl (C=O) groups is 1. The fraction of sp³-hybridized carbons (Fsp3) is 0.312. The lowest BCUT2D eigenvalue weighted by molar-refractivity contribution is -0.121. The predicted octanol–water partition coefficient (Wildman–Crippen LogP) is 3.44. The SMILES string of the molecule is C=CCN(C(=O)[C@@H](C)CSC)c1cn(-c2cccnc2)nc1Cl. The number of aromatic nitrogens is 3. The number of hydrogen-bond acceptors (Lipinski definition) is 4. The van der Waals surface area contributed by atoms with Crippen molar-refractivity contribution < 1.29 is 4.79 Å². The van der Waals surface area contributed by atoms with E-state index in [0.29, 0.717) is 12.2 Å². The first-order chi connectivity index (χ1) is 11.1. The molecule has 5 nitrogen and oxygen atoms in total. The van der Waals surface area contributed by atoms with Crippen molar-refractivity contribution in [2.24, 2.45) is 5.92 Å². The summed E-state index contributed by atoms with van der Waals surface area (Å²) in [4.78, 5) is 18.4. The Labute approximate surface area is 145 Å². The zero-order valence-electron chi connectivity index (χ0n) is 13.1. The highest BCUT2D eigenvalue weighted by molar-refractivity contribution is 7.98. The smallest absolute Gasteiger partial charge is 0.231 e. The van der Waals surface area contributed by atoms with Crippen molar-refractivity contribution >= 4 is 35.0 Å². The first-order valence-electron chi connectivity index (χ1n) is 7.15. The largest absolute Gasteiger partial charge is 0.304 e. The Kier molecular flexibility index (Phi) is 6.24. The lowest BCUT2D eigenvalue weighted by Crippen LogP contribution is -2.36. The summed E-state index contributed by atoms with van der Waals surface area (Å²) in [6, 6.07) is 3.69. The molecule has 7 heteroatoms. The second-order valence-corrected chi connectivity index (χ2v) is 6.32. The number of nitrogens with zero attached hydrogens (tertiary/aromatic N) is 4. The normalized spacial score (nSPS) is 12.0. The molecule has 23 heavy (non-hydrogen) atoms. The third-order valence-electron chi connectivity index (χ3n) is 3.27. The van der Waals surface area contributed by atoms with Crippen molar-refractivity contribution in [1.29, 1.82) is 0 Å². The first kappa shape index (κ1) is 17.6. The lowest BCUT2D eigenvalue weighted by atomic mass is 10.2. The summed E-state index contributed by atoms with van der Waals surface area (Å²) in [6.07, 6.45) is 8.78. The van der Waals surface area contributed by atoms with E-state index < -0.39 is 0 Å². The van der Waals surface area contributed by atoms with E-state index in [4.69, 9.17) is 11.6 Å². The van der Waals surface area contributed by atoms with E-state index in [9.17, 15) is 4.79 Å². The molecule has 0 aliphatic heterocycles. The summed E-state index contributed by atoms with van der Waals surface area (Å²) >= 11 is 7.91. The summed E-state index contributed by atoms with van der Waals surface area (Å²) < 4.78 is 1.62. The third-order valence-corrected chi connectivity index (χ3v) is 4.37. The Bertz CT molecular complexity index is 674. The quantitative estimate of drug-likeness (QED) is 0.718. The van der Waals surface area contributed by atoms with E-state index in [-0.39, 0.29) is 17.0 Å². The highest BCUT2D eigenvalue weighted by atomic mass is 35.5. The average Bonchev–Trinajstić information content (AvgIpc) is 2.94. The fourth-order valence-corrected chi connectivity index (χ4v) is 3.04. The maximum Gasteiger partial charge on any atom is 0.231 e. The number of pyridine rings is 1. The van der Waals surface area contributed by atoms with Gasteiger partial charge in [0.05, 0.1) is 18.1 Å². The first-order valence-corrected chi connectivity index (χ1v) is 8.92. The average molecular weight is 351 g/mol. The molecule has 2 aromatic heterocycles. The summed E-state index contributed by atoms with van der Waals surface area (Å²) in [5.41, 5.74) is 1.36. The van der Waals surface area contributed by atoms with Crippen LogP contribution in [-0.4, -0.2) is 39.2 Å². The van der Waals surface area contributed by atoms with Crippen molar-refractivity contribution in [1.82, 2.24) is 14.8 Å². The van der Waals surface area contributed by atoms with Crippen LogP contribution >= 0.6 is 23.4 Å². The Morgan fingerprint density at radius 3 is 3.00 bits per heavy atom. The Balaban J connectivity index is 2.34. The van der Waals surface area contributed by atoms with Gasteiger partial charge in [-0.25, -0.2) is 4.68 Å². The molecule has 0 aliphatic rings. The number of carbonyl (C=O) groups excluding carboxylic acids is 1. The molecular weight excluding hydrogens is 332 g/mol. The monoisotopic (exact) mass is 350 g/mol. The Morgan fingerprint density at radius 1 is 1.61 bits per heavy atom. The van der Waals surface area contributed by atoms with Gasteiger partial charge in [-0.15, -0.1) is 6.58 Å². The van der Waals surface area contributed by atoms with Gasteiger partial charge in [0.1, 0.15) is 5.69 Å². The van der Waals surface area contributed by atoms with Crippen LogP contribution in [0.5, 0.6) is 0 Å². The molecule has 0 aromatic carbocycles. The molecule has 122 valence electrons. The van der Waals surface area contributed by atoms with Gasteiger partial charge in [-0.1, -0.05) is 24.6 Å². The lowest BCUT2D eigenvalue weighted by Gasteiger charge is -2.23. The van der Waals surface area contributed by atoms with E-state index in [1.165, 1.54) is 0 Å². The molecule has 2 rings (SSSR count). The second-order valence-electron chi connectivity index (χ2n) is 5.05. The van der Waals surface area contributed by atoms with Gasteiger partial charge < -0.3 is 4.90 Å². The van der Waals surface area contributed by atoms with Crippen LogP contribution in [0.1, 0.15) is 6.92 Å². The number of amides is 1. The molecule has 1 amide bonds. The molecule has 0 N–H and O–H groups in total. The highest BCUT2D eigenvalue weighted by Crippen LogP contribution is 2.27. The zero-order chi connectivity index (χ0) is 16.8. The molecule has 0 radical (unpaired) electrons. The van der Waals surface area contributed by atoms with Crippen LogP contribution in [0.25, 0.3) is 5.69 Å². The summed E-state index contributed by atoms with van der Waals surface area (Å²) in [5.74, 6) is 0.649. The molecule has 0 unspecified atom stereocenters. The number of rotatable bonds is 7. The van der Waals surface area contributed by atoms with Crippen molar-refractivity contribution in [3.05, 3.63) is 48.5 Å². The van der Waals surface area contributed by atoms with Crippen LogP contribution in [0, 0.1) is 5.92 Å². The zero-order valence-corrected chi connectivity index (χ0v) is 14.7. The van der Waals surface area contributed by atoms with Crippen LogP contribution in [0.4, 0.5) is 5.69 Å². The van der Waals surface area contributed by atoms with Gasteiger partial charge >= 0.3 is 0 Å². The molecule has 0 aliphatic carbocycles. The molecule has 0 fully saturated rings. The minimum absolute atomic E-state index is 0.00638. The second kappa shape index (κ2) is 8.17. The minimum Gasteiger partial charge on any atom is -0.304 e. The van der Waals surface area contributed by atoms with Crippen LogP contribution in [-0.2, 0) is 4.79 Å². The topological polar surface area (TPSA) is 51.0 Å². The molecule has 0 bridgehead atoms. The predicted molar refractivity (Wildman–Crippen MR) is 96.5 cm³/mol. The van der Waals surface area contributed by atoms with Crippen LogP contribution in [0.15, 0.2) is 43.4 Å². The summed E-state index contributed by atoms with van der Waals surface area (Å²) in [7, 11) is 0. The van der Waals surface area contributed by atoms with Gasteiger partial charge in [0.15, 0.2) is 5.15 Å². The van der Waals surface area contributed by atoms with E-state index in [1.54, 1.807) is 46.0 Å². The molecular formula is C16H19ClN4OS. The molecule has 2 aromatic rings. The number of halogens is 1. The Morgan fingerprint density at radius 2 is 2.39 bits per heavy atom. The van der Waals surface area contributed by atoms with Gasteiger partial charge in [-0.2, -0.15) is 16.9 Å². The van der Waals surface area contributed by atoms with Gasteiger partial charge in [0.25, 0.3) is 0 Å². The fourth-order valence-electron chi connectivity index (χ4n) is 2.17. The molecule has 1 atom stereocenters. The molecule has 0 saturated carbocycles. The van der Waals surface area contributed by atoms with Gasteiger partial charge in [0.2, 0.25) is 5.91 Å². The van der Waals surface area contributed by atoms with Gasteiger partial charge in [0, 0.05) is 24.4 Å². The molecule has 2 heterocycles. The van der Waals surface area contributed by atoms with E-state index in [2.05, 4.69) is 16.7 Å². The van der Waals surface area contributed by atoms with E-state index in [0.717, 1.165) is 11.4 Å². The van der Waals surface area contributed by atoms with E-state index >= 15 is 0 Å². The number of hydrogen-bond donors (Lipinski definition) is 0. The molecule has 0 spiro atoms. The van der Waals surface area contributed by atoms with Crippen LogP contribution in [0.2, 0.25) is 5.15 Å². The maximum absolute atomic E-state index is 12.7. The van der Waals surface area contributed by atoms with Crippen molar-refractivity contribution in [2.45, 2.75) is 6.92 Å². The van der Waals surface area contributed by atoms with Crippen molar-refractivity contribution in [3.63, 3.8) is 0 Å². The van der Waals surface area contributed by atoms with Crippen LogP contribution in [0.3, 0.4) is 0 Å². The van der Waals surface area contributed by atoms with E-state index in [1.807, 2.05) is 25.3 Å². The Hall–Kier alpha value is -1.79. The minimum atomic E-state index is -0.109.